The minimum absolute atomic E-state index is 0.185. The van der Waals surface area contributed by atoms with Crippen molar-refractivity contribution in [2.45, 2.75) is 45.1 Å². The summed E-state index contributed by atoms with van der Waals surface area (Å²) >= 11 is 0. The largest absolute Gasteiger partial charge is 0.497 e. The number of nitrogens with one attached hydrogen (secondary N) is 1. The molecule has 1 aliphatic rings. The van der Waals surface area contributed by atoms with E-state index in [9.17, 15) is 0 Å². The lowest BCUT2D eigenvalue weighted by molar-refractivity contribution is 0.221. The van der Waals surface area contributed by atoms with Crippen LogP contribution in [0.4, 0.5) is 0 Å². The van der Waals surface area contributed by atoms with Crippen LogP contribution in [0.3, 0.4) is 0 Å². The molecule has 1 aromatic carbocycles. The van der Waals surface area contributed by atoms with E-state index < -0.39 is 0 Å². The van der Waals surface area contributed by atoms with Gasteiger partial charge in [-0.2, -0.15) is 0 Å². The summed E-state index contributed by atoms with van der Waals surface area (Å²) in [6.45, 7) is 7.72. The summed E-state index contributed by atoms with van der Waals surface area (Å²) in [6, 6.07) is 6.18. The summed E-state index contributed by atoms with van der Waals surface area (Å²) in [5.41, 5.74) is 1.50. The SMILES string of the molecule is COc1ccc(C2CCC2CNC(C)(C)C)c(OC)c1. The highest BCUT2D eigenvalue weighted by Gasteiger charge is 2.34. The summed E-state index contributed by atoms with van der Waals surface area (Å²) in [5, 5.41) is 3.62. The van der Waals surface area contributed by atoms with E-state index in [-0.39, 0.29) is 5.54 Å². The maximum atomic E-state index is 5.54. The molecule has 2 atom stereocenters. The number of hydrogen-bond donors (Lipinski definition) is 1. The van der Waals surface area contributed by atoms with Crippen LogP contribution in [-0.4, -0.2) is 26.3 Å². The predicted octanol–water partition coefficient (Wildman–Crippen LogP) is 3.59. The fourth-order valence-corrected chi connectivity index (χ4v) is 2.78. The van der Waals surface area contributed by atoms with E-state index in [1.807, 2.05) is 12.1 Å². The van der Waals surface area contributed by atoms with Crippen LogP contribution in [-0.2, 0) is 0 Å². The average molecular weight is 277 g/mol. The Hall–Kier alpha value is -1.22. The van der Waals surface area contributed by atoms with Gasteiger partial charge in [0.2, 0.25) is 0 Å². The van der Waals surface area contributed by atoms with Gasteiger partial charge in [-0.05, 0) is 63.6 Å². The third-order valence-corrected chi connectivity index (χ3v) is 4.15. The number of rotatable bonds is 5. The van der Waals surface area contributed by atoms with E-state index in [2.05, 4.69) is 32.2 Å². The third-order valence-electron chi connectivity index (χ3n) is 4.15. The molecule has 1 fully saturated rings. The highest BCUT2D eigenvalue weighted by atomic mass is 16.5. The second-order valence-corrected chi connectivity index (χ2v) is 6.68. The van der Waals surface area contributed by atoms with E-state index in [0.29, 0.717) is 11.8 Å². The molecule has 3 heteroatoms. The van der Waals surface area contributed by atoms with E-state index in [4.69, 9.17) is 9.47 Å². The van der Waals surface area contributed by atoms with E-state index in [0.717, 1.165) is 18.0 Å². The van der Waals surface area contributed by atoms with Gasteiger partial charge in [0.1, 0.15) is 11.5 Å². The molecule has 2 rings (SSSR count). The van der Waals surface area contributed by atoms with Crippen LogP contribution in [0.1, 0.15) is 45.1 Å². The van der Waals surface area contributed by atoms with Crippen LogP contribution in [0.15, 0.2) is 18.2 Å². The first-order chi connectivity index (χ1) is 9.44. The lowest BCUT2D eigenvalue weighted by atomic mass is 9.69. The smallest absolute Gasteiger partial charge is 0.126 e. The van der Waals surface area contributed by atoms with Gasteiger partial charge in [0.05, 0.1) is 14.2 Å². The molecule has 0 bridgehead atoms. The first-order valence-electron chi connectivity index (χ1n) is 7.41. The highest BCUT2D eigenvalue weighted by molar-refractivity contribution is 5.43. The summed E-state index contributed by atoms with van der Waals surface area (Å²) in [5.74, 6) is 3.12. The molecule has 0 heterocycles. The van der Waals surface area contributed by atoms with Crippen LogP contribution in [0.2, 0.25) is 0 Å². The van der Waals surface area contributed by atoms with E-state index >= 15 is 0 Å². The topological polar surface area (TPSA) is 30.5 Å². The van der Waals surface area contributed by atoms with Gasteiger partial charge in [-0.1, -0.05) is 6.07 Å². The Morgan fingerprint density at radius 1 is 1.15 bits per heavy atom. The predicted molar refractivity (Wildman–Crippen MR) is 82.8 cm³/mol. The molecule has 1 aromatic rings. The quantitative estimate of drug-likeness (QED) is 0.892. The van der Waals surface area contributed by atoms with Crippen LogP contribution in [0.25, 0.3) is 0 Å². The molecule has 1 aliphatic carbocycles. The Kier molecular flexibility index (Phi) is 4.59. The van der Waals surface area contributed by atoms with Crippen molar-refractivity contribution >= 4 is 0 Å². The number of hydrogen-bond acceptors (Lipinski definition) is 3. The molecular formula is C17H27NO2. The Balaban J connectivity index is 2.08. The fourth-order valence-electron chi connectivity index (χ4n) is 2.78. The molecule has 112 valence electrons. The molecule has 1 saturated carbocycles. The van der Waals surface area contributed by atoms with Crippen LogP contribution in [0.5, 0.6) is 11.5 Å². The summed E-state index contributed by atoms with van der Waals surface area (Å²) in [7, 11) is 3.42. The first kappa shape index (κ1) is 15.2. The molecule has 0 amide bonds. The van der Waals surface area contributed by atoms with Crippen molar-refractivity contribution in [3.8, 4) is 11.5 Å². The Morgan fingerprint density at radius 2 is 1.90 bits per heavy atom. The Morgan fingerprint density at radius 3 is 2.40 bits per heavy atom. The van der Waals surface area contributed by atoms with E-state index in [1.54, 1.807) is 14.2 Å². The monoisotopic (exact) mass is 277 g/mol. The minimum Gasteiger partial charge on any atom is -0.497 e. The Bertz CT molecular complexity index is 451. The van der Waals surface area contributed by atoms with Crippen molar-refractivity contribution in [1.29, 1.82) is 0 Å². The van der Waals surface area contributed by atoms with Crippen LogP contribution >= 0.6 is 0 Å². The molecular weight excluding hydrogens is 250 g/mol. The Labute approximate surface area is 122 Å². The molecule has 1 N–H and O–H groups in total. The van der Waals surface area contributed by atoms with Crippen molar-refractivity contribution in [1.82, 2.24) is 5.32 Å². The zero-order valence-corrected chi connectivity index (χ0v) is 13.3. The molecule has 2 unspecified atom stereocenters. The molecule has 0 aliphatic heterocycles. The summed E-state index contributed by atoms with van der Waals surface area (Å²) < 4.78 is 10.8. The van der Waals surface area contributed by atoms with Gasteiger partial charge < -0.3 is 14.8 Å². The van der Waals surface area contributed by atoms with Crippen LogP contribution < -0.4 is 14.8 Å². The highest BCUT2D eigenvalue weighted by Crippen LogP contribution is 2.46. The van der Waals surface area contributed by atoms with Gasteiger partial charge in [-0.3, -0.25) is 0 Å². The molecule has 0 aromatic heterocycles. The maximum Gasteiger partial charge on any atom is 0.126 e. The third kappa shape index (κ3) is 3.45. The molecule has 0 radical (unpaired) electrons. The number of methoxy groups -OCH3 is 2. The second-order valence-electron chi connectivity index (χ2n) is 6.68. The molecule has 0 spiro atoms. The van der Waals surface area contributed by atoms with Crippen molar-refractivity contribution in [3.63, 3.8) is 0 Å². The molecule has 20 heavy (non-hydrogen) atoms. The standard InChI is InChI=1S/C17H27NO2/c1-17(2,3)18-11-12-6-8-14(12)15-9-7-13(19-4)10-16(15)20-5/h7,9-10,12,14,18H,6,8,11H2,1-5H3. The van der Waals surface area contributed by atoms with Gasteiger partial charge in [0, 0.05) is 11.6 Å². The van der Waals surface area contributed by atoms with Gasteiger partial charge in [0.25, 0.3) is 0 Å². The maximum absolute atomic E-state index is 5.54. The van der Waals surface area contributed by atoms with Gasteiger partial charge >= 0.3 is 0 Å². The van der Waals surface area contributed by atoms with Gasteiger partial charge in [-0.25, -0.2) is 0 Å². The second kappa shape index (κ2) is 6.04. The molecule has 3 nitrogen and oxygen atoms in total. The average Bonchev–Trinajstić information content (AvgIpc) is 2.36. The van der Waals surface area contributed by atoms with Crippen molar-refractivity contribution in [3.05, 3.63) is 23.8 Å². The normalized spacial score (nSPS) is 22.2. The van der Waals surface area contributed by atoms with Crippen molar-refractivity contribution in [2.24, 2.45) is 5.92 Å². The first-order valence-corrected chi connectivity index (χ1v) is 7.41. The summed E-state index contributed by atoms with van der Waals surface area (Å²) in [6.07, 6.45) is 2.54. The van der Waals surface area contributed by atoms with Gasteiger partial charge in [0.15, 0.2) is 0 Å². The van der Waals surface area contributed by atoms with Gasteiger partial charge in [-0.15, -0.1) is 0 Å². The van der Waals surface area contributed by atoms with E-state index in [1.165, 1.54) is 18.4 Å². The zero-order valence-electron chi connectivity index (χ0n) is 13.3. The lowest BCUT2D eigenvalue weighted by Crippen LogP contribution is -2.43. The summed E-state index contributed by atoms with van der Waals surface area (Å²) in [4.78, 5) is 0. The fraction of sp³-hybridized carbons (Fsp3) is 0.647. The lowest BCUT2D eigenvalue weighted by Gasteiger charge is -2.39. The number of ether oxygens (including phenoxy) is 2. The van der Waals surface area contributed by atoms with Crippen molar-refractivity contribution in [2.75, 3.05) is 20.8 Å². The van der Waals surface area contributed by atoms with Crippen molar-refractivity contribution < 1.29 is 9.47 Å². The zero-order chi connectivity index (χ0) is 14.8. The van der Waals surface area contributed by atoms with Crippen LogP contribution in [0, 0.1) is 5.92 Å². The molecule has 0 saturated heterocycles. The minimum atomic E-state index is 0.185. The number of benzene rings is 1.